The van der Waals surface area contributed by atoms with E-state index in [-0.39, 0.29) is 5.95 Å². The van der Waals surface area contributed by atoms with Gasteiger partial charge in [-0.2, -0.15) is 4.98 Å². The van der Waals surface area contributed by atoms with E-state index in [1.54, 1.807) is 7.11 Å². The Bertz CT molecular complexity index is 1450. The van der Waals surface area contributed by atoms with Crippen LogP contribution in [0.3, 0.4) is 0 Å². The molecular formula is C26H28N6O. The molecule has 33 heavy (non-hydrogen) atoms. The summed E-state index contributed by atoms with van der Waals surface area (Å²) >= 11 is 0. The molecule has 168 valence electrons. The third kappa shape index (κ3) is 4.22. The molecule has 0 aliphatic carbocycles. The van der Waals surface area contributed by atoms with E-state index in [0.717, 1.165) is 52.4 Å². The Morgan fingerprint density at radius 2 is 1.85 bits per heavy atom. The molecule has 0 amide bonds. The highest BCUT2D eigenvalue weighted by Crippen LogP contribution is 2.27. The van der Waals surface area contributed by atoms with E-state index < -0.39 is 0 Å². The lowest BCUT2D eigenvalue weighted by Crippen LogP contribution is -2.11. The number of aromatic amines is 2. The molecule has 7 nitrogen and oxygen atoms in total. The van der Waals surface area contributed by atoms with Crippen LogP contribution in [-0.4, -0.2) is 27.0 Å². The second-order valence-corrected chi connectivity index (χ2v) is 8.45. The number of benzene rings is 2. The third-order valence-corrected chi connectivity index (χ3v) is 6.13. The first-order chi connectivity index (χ1) is 16.0. The number of nitrogens with two attached hydrogens (primary N) is 1. The maximum absolute atomic E-state index is 5.99. The zero-order valence-corrected chi connectivity index (χ0v) is 19.1. The molecule has 0 bridgehead atoms. The monoisotopic (exact) mass is 440 g/mol. The third-order valence-electron chi connectivity index (χ3n) is 6.13. The minimum absolute atomic E-state index is 0.285. The van der Waals surface area contributed by atoms with E-state index in [0.29, 0.717) is 6.54 Å². The van der Waals surface area contributed by atoms with Gasteiger partial charge in [0.1, 0.15) is 11.6 Å². The lowest BCUT2D eigenvalue weighted by molar-refractivity contribution is 0.415. The van der Waals surface area contributed by atoms with Crippen LogP contribution in [0.4, 0.5) is 11.8 Å². The quantitative estimate of drug-likeness (QED) is 0.284. The number of hydrogen-bond donors (Lipinski definition) is 4. The summed E-state index contributed by atoms with van der Waals surface area (Å²) in [4.78, 5) is 15.7. The first-order valence-electron chi connectivity index (χ1n) is 11.1. The Labute approximate surface area is 192 Å². The summed E-state index contributed by atoms with van der Waals surface area (Å²) in [5, 5.41) is 5.88. The minimum Gasteiger partial charge on any atom is -0.497 e. The molecule has 0 aliphatic rings. The number of hydrogen-bond acceptors (Lipinski definition) is 5. The SMILES string of the molecule is COc1ccc2[nH]cc(CCc3c(C)nc(N)nc3NCc3ccc4[nH]c(C)cc4c3)c2c1. The van der Waals surface area contributed by atoms with Gasteiger partial charge in [-0.05, 0) is 79.6 Å². The molecule has 0 fully saturated rings. The fourth-order valence-corrected chi connectivity index (χ4v) is 4.44. The van der Waals surface area contributed by atoms with E-state index in [1.807, 2.05) is 19.1 Å². The molecule has 0 saturated heterocycles. The minimum atomic E-state index is 0.285. The molecule has 0 spiro atoms. The van der Waals surface area contributed by atoms with Crippen LogP contribution in [0, 0.1) is 13.8 Å². The summed E-state index contributed by atoms with van der Waals surface area (Å²) in [7, 11) is 1.69. The number of H-pyrrole nitrogens is 2. The lowest BCUT2D eigenvalue weighted by Gasteiger charge is -2.14. The number of nitrogen functional groups attached to an aromatic ring is 1. The van der Waals surface area contributed by atoms with Gasteiger partial charge in [0.15, 0.2) is 0 Å². The van der Waals surface area contributed by atoms with Crippen molar-refractivity contribution < 1.29 is 4.74 Å². The predicted octanol–water partition coefficient (Wildman–Crippen LogP) is 5.04. The molecule has 3 heterocycles. The standard InChI is InChI=1S/C26H28N6O/c1-15-10-19-11-17(4-8-23(19)30-15)13-29-25-21(16(2)31-26(27)32-25)7-5-18-14-28-24-9-6-20(33-3)12-22(18)24/h4,6,8-12,14,28,30H,5,7,13H2,1-3H3,(H3,27,29,31,32). The molecule has 0 aliphatic heterocycles. The second-order valence-electron chi connectivity index (χ2n) is 8.45. The Hall–Kier alpha value is -4.00. The number of nitrogens with one attached hydrogen (secondary N) is 3. The Kier molecular flexibility index (Phi) is 5.38. The van der Waals surface area contributed by atoms with Crippen LogP contribution < -0.4 is 15.8 Å². The smallest absolute Gasteiger partial charge is 0.222 e. The summed E-state index contributed by atoms with van der Waals surface area (Å²) in [6.07, 6.45) is 3.72. The number of fused-ring (bicyclic) bond motifs is 2. The lowest BCUT2D eigenvalue weighted by atomic mass is 10.0. The van der Waals surface area contributed by atoms with Gasteiger partial charge in [0.25, 0.3) is 0 Å². The van der Waals surface area contributed by atoms with Crippen LogP contribution >= 0.6 is 0 Å². The van der Waals surface area contributed by atoms with E-state index in [1.165, 1.54) is 21.9 Å². The highest BCUT2D eigenvalue weighted by molar-refractivity contribution is 5.84. The largest absolute Gasteiger partial charge is 0.497 e. The molecular weight excluding hydrogens is 412 g/mol. The van der Waals surface area contributed by atoms with Crippen LogP contribution in [0.2, 0.25) is 0 Å². The van der Waals surface area contributed by atoms with Crippen molar-refractivity contribution in [3.8, 4) is 5.75 Å². The highest BCUT2D eigenvalue weighted by Gasteiger charge is 2.13. The zero-order valence-electron chi connectivity index (χ0n) is 19.1. The van der Waals surface area contributed by atoms with Crippen LogP contribution in [0.15, 0.2) is 48.7 Å². The van der Waals surface area contributed by atoms with E-state index >= 15 is 0 Å². The summed E-state index contributed by atoms with van der Waals surface area (Å²) in [6, 6.07) is 14.7. The van der Waals surface area contributed by atoms with Crippen molar-refractivity contribution in [1.29, 1.82) is 0 Å². The number of aromatic nitrogens is 4. The number of ether oxygens (including phenoxy) is 1. The number of rotatable bonds is 7. The van der Waals surface area contributed by atoms with E-state index in [2.05, 4.69) is 68.7 Å². The van der Waals surface area contributed by atoms with Gasteiger partial charge in [-0.1, -0.05) is 6.07 Å². The first kappa shape index (κ1) is 20.9. The van der Waals surface area contributed by atoms with Crippen molar-refractivity contribution in [2.45, 2.75) is 33.2 Å². The van der Waals surface area contributed by atoms with Crippen LogP contribution in [0.5, 0.6) is 5.75 Å². The molecule has 0 unspecified atom stereocenters. The van der Waals surface area contributed by atoms with Crippen molar-refractivity contribution in [3.63, 3.8) is 0 Å². The molecule has 0 atom stereocenters. The number of anilines is 2. The maximum Gasteiger partial charge on any atom is 0.222 e. The van der Waals surface area contributed by atoms with Crippen molar-refractivity contribution >= 4 is 33.6 Å². The molecule has 0 saturated carbocycles. The van der Waals surface area contributed by atoms with Gasteiger partial charge in [0.2, 0.25) is 5.95 Å². The van der Waals surface area contributed by atoms with Crippen molar-refractivity contribution in [1.82, 2.24) is 19.9 Å². The van der Waals surface area contributed by atoms with Crippen molar-refractivity contribution in [2.24, 2.45) is 0 Å². The van der Waals surface area contributed by atoms with Crippen LogP contribution in [0.1, 0.15) is 28.1 Å². The Morgan fingerprint density at radius 3 is 2.70 bits per heavy atom. The van der Waals surface area contributed by atoms with E-state index in [4.69, 9.17) is 10.5 Å². The Balaban J connectivity index is 1.37. The topological polar surface area (TPSA) is 105 Å². The molecule has 5 rings (SSSR count). The van der Waals surface area contributed by atoms with Crippen molar-refractivity contribution in [3.05, 3.63) is 76.7 Å². The fraction of sp³-hybridized carbons (Fsp3) is 0.231. The molecule has 7 heteroatoms. The van der Waals surface area contributed by atoms with E-state index in [9.17, 15) is 0 Å². The first-order valence-corrected chi connectivity index (χ1v) is 11.1. The summed E-state index contributed by atoms with van der Waals surface area (Å²) in [5.41, 5.74) is 13.8. The number of nitrogens with zero attached hydrogens (tertiary/aromatic N) is 2. The maximum atomic E-state index is 5.99. The average Bonchev–Trinajstić information content (AvgIpc) is 3.38. The van der Waals surface area contributed by atoms with Gasteiger partial charge in [0, 0.05) is 46.1 Å². The summed E-state index contributed by atoms with van der Waals surface area (Å²) < 4.78 is 5.40. The predicted molar refractivity (Wildman–Crippen MR) is 134 cm³/mol. The molecule has 2 aromatic carbocycles. The molecule has 5 N–H and O–H groups in total. The molecule has 0 radical (unpaired) electrons. The summed E-state index contributed by atoms with van der Waals surface area (Å²) in [6.45, 7) is 4.72. The van der Waals surface area contributed by atoms with Gasteiger partial charge in [-0.25, -0.2) is 4.98 Å². The van der Waals surface area contributed by atoms with Gasteiger partial charge in [0.05, 0.1) is 7.11 Å². The Morgan fingerprint density at radius 1 is 1.00 bits per heavy atom. The highest BCUT2D eigenvalue weighted by atomic mass is 16.5. The average molecular weight is 441 g/mol. The number of methoxy groups -OCH3 is 1. The van der Waals surface area contributed by atoms with Gasteiger partial charge in [-0.3, -0.25) is 0 Å². The van der Waals surface area contributed by atoms with Crippen molar-refractivity contribution in [2.75, 3.05) is 18.2 Å². The molecule has 3 aromatic heterocycles. The molecule has 5 aromatic rings. The zero-order chi connectivity index (χ0) is 22.9. The number of aryl methyl sites for hydroxylation is 3. The second kappa shape index (κ2) is 8.50. The van der Waals surface area contributed by atoms with Gasteiger partial charge in [-0.15, -0.1) is 0 Å². The summed E-state index contributed by atoms with van der Waals surface area (Å²) in [5.74, 6) is 1.93. The van der Waals surface area contributed by atoms with Gasteiger partial charge >= 0.3 is 0 Å². The van der Waals surface area contributed by atoms with Crippen LogP contribution in [0.25, 0.3) is 21.8 Å². The van der Waals surface area contributed by atoms with Crippen LogP contribution in [-0.2, 0) is 19.4 Å². The normalized spacial score (nSPS) is 11.4. The van der Waals surface area contributed by atoms with Gasteiger partial charge < -0.3 is 25.8 Å². The fourth-order valence-electron chi connectivity index (χ4n) is 4.44.